The molecular weight excluding hydrogens is 428 g/mol. The zero-order valence-electron chi connectivity index (χ0n) is 17.9. The summed E-state index contributed by atoms with van der Waals surface area (Å²) >= 11 is 1.32. The highest BCUT2D eigenvalue weighted by Gasteiger charge is 2.13. The molecule has 0 amide bonds. The number of rotatable bonds is 8. The Morgan fingerprint density at radius 1 is 0.969 bits per heavy atom. The van der Waals surface area contributed by atoms with Crippen LogP contribution >= 0.6 is 11.8 Å². The maximum atomic E-state index is 12.1. The Kier molecular flexibility index (Phi) is 6.55. The molecule has 0 radical (unpaired) electrons. The smallest absolute Gasteiger partial charge is 0.252 e. The number of hydrogen-bond donors (Lipinski definition) is 1. The summed E-state index contributed by atoms with van der Waals surface area (Å²) < 4.78 is 15.9. The van der Waals surface area contributed by atoms with Crippen molar-refractivity contribution in [3.63, 3.8) is 0 Å². The second-order valence-electron chi connectivity index (χ2n) is 6.86. The lowest BCUT2D eigenvalue weighted by atomic mass is 10.1. The molecule has 164 valence electrons. The molecule has 0 spiro atoms. The molecule has 2 heterocycles. The maximum Gasteiger partial charge on any atom is 0.252 e. The molecular formula is C23H22N4O4S. The van der Waals surface area contributed by atoms with E-state index in [9.17, 15) is 4.79 Å². The van der Waals surface area contributed by atoms with Crippen molar-refractivity contribution in [2.45, 2.75) is 24.3 Å². The first kappa shape index (κ1) is 21.6. The third kappa shape index (κ3) is 4.83. The zero-order valence-corrected chi connectivity index (χ0v) is 18.7. The molecule has 2 aromatic heterocycles. The predicted molar refractivity (Wildman–Crippen MR) is 122 cm³/mol. The Balaban J connectivity index is 1.49. The van der Waals surface area contributed by atoms with Gasteiger partial charge >= 0.3 is 0 Å². The van der Waals surface area contributed by atoms with Gasteiger partial charge in [-0.2, -0.15) is 4.98 Å². The second-order valence-corrected chi connectivity index (χ2v) is 7.82. The van der Waals surface area contributed by atoms with Crippen molar-refractivity contribution >= 4 is 11.8 Å². The van der Waals surface area contributed by atoms with Crippen molar-refractivity contribution in [2.75, 3.05) is 14.2 Å². The van der Waals surface area contributed by atoms with Crippen LogP contribution in [-0.2, 0) is 12.2 Å². The minimum Gasteiger partial charge on any atom is -0.493 e. The molecule has 1 N–H and O–H groups in total. The fourth-order valence-electron chi connectivity index (χ4n) is 3.10. The van der Waals surface area contributed by atoms with E-state index in [1.54, 1.807) is 26.4 Å². The number of aromatic nitrogens is 4. The number of ether oxygens (including phenoxy) is 2. The Morgan fingerprint density at radius 3 is 2.44 bits per heavy atom. The van der Waals surface area contributed by atoms with E-state index in [1.165, 1.54) is 23.4 Å². The van der Waals surface area contributed by atoms with E-state index in [2.05, 4.69) is 27.0 Å². The molecule has 4 rings (SSSR count). The number of H-pyrrole nitrogens is 1. The van der Waals surface area contributed by atoms with E-state index in [-0.39, 0.29) is 5.56 Å². The molecule has 2 aromatic carbocycles. The van der Waals surface area contributed by atoms with Crippen molar-refractivity contribution in [2.24, 2.45) is 0 Å². The summed E-state index contributed by atoms with van der Waals surface area (Å²) in [4.78, 5) is 23.9. The van der Waals surface area contributed by atoms with Crippen molar-refractivity contribution < 1.29 is 14.0 Å². The number of thioether (sulfide) groups is 1. The van der Waals surface area contributed by atoms with Crippen LogP contribution in [0.4, 0.5) is 0 Å². The Bertz CT molecular complexity index is 1270. The predicted octanol–water partition coefficient (Wildman–Crippen LogP) is 4.36. The lowest BCUT2D eigenvalue weighted by Gasteiger charge is -2.07. The molecule has 0 saturated heterocycles. The molecule has 0 aliphatic heterocycles. The van der Waals surface area contributed by atoms with Crippen LogP contribution in [0.1, 0.15) is 18.4 Å². The standard InChI is InChI=1S/C23H22N4O4S/c1-4-14-5-7-15(8-6-14)17-12-20(28)25-23(24-17)32-13-21-26-22(27-31-21)16-9-10-18(29-2)19(11-16)30-3/h5-12H,4,13H2,1-3H3,(H,24,25,28). The summed E-state index contributed by atoms with van der Waals surface area (Å²) in [6.07, 6.45) is 0.958. The lowest BCUT2D eigenvalue weighted by molar-refractivity contribution is 0.355. The van der Waals surface area contributed by atoms with Gasteiger partial charge in [-0.1, -0.05) is 48.1 Å². The van der Waals surface area contributed by atoms with Crippen LogP contribution in [0.25, 0.3) is 22.6 Å². The van der Waals surface area contributed by atoms with Gasteiger partial charge < -0.3 is 19.0 Å². The van der Waals surface area contributed by atoms with Crippen LogP contribution in [0.2, 0.25) is 0 Å². The van der Waals surface area contributed by atoms with Crippen LogP contribution in [0.3, 0.4) is 0 Å². The summed E-state index contributed by atoms with van der Waals surface area (Å²) in [6, 6.07) is 14.9. The first-order valence-electron chi connectivity index (χ1n) is 9.98. The van der Waals surface area contributed by atoms with E-state index in [0.717, 1.165) is 17.5 Å². The van der Waals surface area contributed by atoms with Crippen molar-refractivity contribution in [3.05, 3.63) is 70.3 Å². The van der Waals surface area contributed by atoms with Gasteiger partial charge in [0.1, 0.15) is 0 Å². The van der Waals surface area contributed by atoms with Gasteiger partial charge in [0.05, 0.1) is 25.7 Å². The highest BCUT2D eigenvalue weighted by molar-refractivity contribution is 7.98. The number of aryl methyl sites for hydroxylation is 1. The van der Waals surface area contributed by atoms with Gasteiger partial charge in [-0.15, -0.1) is 0 Å². The molecule has 8 nitrogen and oxygen atoms in total. The van der Waals surface area contributed by atoms with Crippen molar-refractivity contribution in [1.82, 2.24) is 20.1 Å². The van der Waals surface area contributed by atoms with E-state index in [4.69, 9.17) is 14.0 Å². The summed E-state index contributed by atoms with van der Waals surface area (Å²) in [6.45, 7) is 2.10. The van der Waals surface area contributed by atoms with Gasteiger partial charge in [0.15, 0.2) is 16.7 Å². The quantitative estimate of drug-likeness (QED) is 0.312. The van der Waals surface area contributed by atoms with E-state index < -0.39 is 0 Å². The van der Waals surface area contributed by atoms with Gasteiger partial charge in [0.25, 0.3) is 5.56 Å². The molecule has 0 aliphatic rings. The molecule has 0 saturated carbocycles. The van der Waals surface area contributed by atoms with Crippen molar-refractivity contribution in [3.8, 4) is 34.1 Å². The highest BCUT2D eigenvalue weighted by atomic mass is 32.2. The number of methoxy groups -OCH3 is 2. The molecule has 4 aromatic rings. The average molecular weight is 451 g/mol. The van der Waals surface area contributed by atoms with Gasteiger partial charge in [-0.05, 0) is 30.2 Å². The Hall–Kier alpha value is -3.59. The lowest BCUT2D eigenvalue weighted by Crippen LogP contribution is -2.08. The number of hydrogen-bond acceptors (Lipinski definition) is 8. The summed E-state index contributed by atoms with van der Waals surface area (Å²) in [5.74, 6) is 2.42. The second kappa shape index (κ2) is 9.69. The minimum absolute atomic E-state index is 0.214. The van der Waals surface area contributed by atoms with Gasteiger partial charge in [-0.25, -0.2) is 4.98 Å². The Morgan fingerprint density at radius 2 is 1.72 bits per heavy atom. The van der Waals surface area contributed by atoms with Crippen LogP contribution < -0.4 is 15.0 Å². The topological polar surface area (TPSA) is 103 Å². The average Bonchev–Trinajstić information content (AvgIpc) is 3.31. The first-order chi connectivity index (χ1) is 15.6. The molecule has 0 bridgehead atoms. The first-order valence-corrected chi connectivity index (χ1v) is 11.0. The third-order valence-corrected chi connectivity index (χ3v) is 5.68. The van der Waals surface area contributed by atoms with E-state index in [1.807, 2.05) is 30.3 Å². The zero-order chi connectivity index (χ0) is 22.5. The van der Waals surface area contributed by atoms with Gasteiger partial charge in [0, 0.05) is 17.2 Å². The molecule has 32 heavy (non-hydrogen) atoms. The van der Waals surface area contributed by atoms with Crippen LogP contribution in [0.5, 0.6) is 11.5 Å². The number of nitrogens with one attached hydrogen (secondary N) is 1. The fourth-order valence-corrected chi connectivity index (χ4v) is 3.81. The molecule has 0 fully saturated rings. The largest absolute Gasteiger partial charge is 0.493 e. The summed E-state index contributed by atoms with van der Waals surface area (Å²) in [5.41, 5.74) is 3.27. The normalized spacial score (nSPS) is 10.8. The van der Waals surface area contributed by atoms with Crippen LogP contribution in [0.15, 0.2) is 63.0 Å². The number of benzene rings is 2. The highest BCUT2D eigenvalue weighted by Crippen LogP contribution is 2.31. The Labute approximate surface area is 189 Å². The van der Waals surface area contributed by atoms with Gasteiger partial charge in [-0.3, -0.25) is 4.79 Å². The van der Waals surface area contributed by atoms with Crippen molar-refractivity contribution in [1.29, 1.82) is 0 Å². The SMILES string of the molecule is CCc1ccc(-c2cc(=O)[nH]c(SCc3nc(-c4ccc(OC)c(OC)c4)no3)n2)cc1. The van der Waals surface area contributed by atoms with E-state index >= 15 is 0 Å². The monoisotopic (exact) mass is 450 g/mol. The van der Waals surface area contributed by atoms with E-state index in [0.29, 0.717) is 39.8 Å². The fraction of sp³-hybridized carbons (Fsp3) is 0.217. The molecule has 0 unspecified atom stereocenters. The molecule has 9 heteroatoms. The number of aromatic amines is 1. The summed E-state index contributed by atoms with van der Waals surface area (Å²) in [7, 11) is 3.15. The minimum atomic E-state index is -0.214. The van der Waals surface area contributed by atoms with Crippen LogP contribution in [0, 0.1) is 0 Å². The molecule has 0 aliphatic carbocycles. The van der Waals surface area contributed by atoms with Crippen LogP contribution in [-0.4, -0.2) is 34.3 Å². The van der Waals surface area contributed by atoms with Gasteiger partial charge in [0.2, 0.25) is 11.7 Å². The molecule has 0 atom stereocenters. The third-order valence-electron chi connectivity index (χ3n) is 4.82. The summed E-state index contributed by atoms with van der Waals surface area (Å²) in [5, 5.41) is 4.52. The maximum absolute atomic E-state index is 12.1. The number of nitrogens with zero attached hydrogens (tertiary/aromatic N) is 3.